The fourth-order valence-electron chi connectivity index (χ4n) is 2.20. The number of carbonyl (C=O) groups is 2. The molecular formula is C16H26O5. The van der Waals surface area contributed by atoms with Crippen molar-refractivity contribution in [3.8, 4) is 0 Å². The van der Waals surface area contributed by atoms with E-state index in [9.17, 15) is 14.7 Å². The number of rotatable bonds is 6. The summed E-state index contributed by atoms with van der Waals surface area (Å²) in [6.07, 6.45) is 2.38. The number of hydrogen-bond donors (Lipinski definition) is 1. The molecule has 0 aliphatic heterocycles. The monoisotopic (exact) mass is 298 g/mol. The predicted molar refractivity (Wildman–Crippen MR) is 78.5 cm³/mol. The van der Waals surface area contributed by atoms with Crippen molar-refractivity contribution in [1.29, 1.82) is 0 Å². The summed E-state index contributed by atoms with van der Waals surface area (Å²) in [7, 11) is 0. The Kier molecular flexibility index (Phi) is 6.40. The average molecular weight is 298 g/mol. The molecule has 0 saturated heterocycles. The van der Waals surface area contributed by atoms with Crippen LogP contribution >= 0.6 is 0 Å². The molecule has 0 heterocycles. The third-order valence-electron chi connectivity index (χ3n) is 4.19. The van der Waals surface area contributed by atoms with E-state index in [1.165, 1.54) is 0 Å². The molecule has 1 aliphatic rings. The van der Waals surface area contributed by atoms with Crippen LogP contribution in [0.15, 0.2) is 12.7 Å². The van der Waals surface area contributed by atoms with Crippen molar-refractivity contribution < 1.29 is 24.2 Å². The molecule has 0 aromatic rings. The SMILES string of the molecule is C=CC(=O)OC1CC(COC(=O)C(C)(C)CC)CCC1O. The second-order valence-electron chi connectivity index (χ2n) is 6.26. The van der Waals surface area contributed by atoms with Crippen LogP contribution in [-0.4, -0.2) is 35.9 Å². The maximum atomic E-state index is 11.9. The first-order valence-electron chi connectivity index (χ1n) is 7.48. The maximum absolute atomic E-state index is 11.9. The van der Waals surface area contributed by atoms with Crippen LogP contribution in [0, 0.1) is 11.3 Å². The van der Waals surface area contributed by atoms with Crippen molar-refractivity contribution in [3.05, 3.63) is 12.7 Å². The molecule has 5 nitrogen and oxygen atoms in total. The van der Waals surface area contributed by atoms with Gasteiger partial charge in [-0.3, -0.25) is 4.79 Å². The van der Waals surface area contributed by atoms with Crippen LogP contribution in [0.25, 0.3) is 0 Å². The molecular weight excluding hydrogens is 272 g/mol. The van der Waals surface area contributed by atoms with Gasteiger partial charge in [0.05, 0.1) is 18.1 Å². The number of ether oxygens (including phenoxy) is 2. The molecule has 120 valence electrons. The lowest BCUT2D eigenvalue weighted by Gasteiger charge is -2.32. The molecule has 0 bridgehead atoms. The zero-order valence-corrected chi connectivity index (χ0v) is 13.1. The van der Waals surface area contributed by atoms with Crippen LogP contribution in [0.2, 0.25) is 0 Å². The number of aliphatic hydroxyl groups is 1. The lowest BCUT2D eigenvalue weighted by molar-refractivity contribution is -0.161. The minimum Gasteiger partial charge on any atom is -0.465 e. The largest absolute Gasteiger partial charge is 0.465 e. The lowest BCUT2D eigenvalue weighted by atomic mass is 9.85. The summed E-state index contributed by atoms with van der Waals surface area (Å²) >= 11 is 0. The summed E-state index contributed by atoms with van der Waals surface area (Å²) in [5, 5.41) is 9.86. The molecule has 0 aromatic carbocycles. The molecule has 0 amide bonds. The average Bonchev–Trinajstić information content (AvgIpc) is 2.47. The van der Waals surface area contributed by atoms with Crippen LogP contribution < -0.4 is 0 Å². The minimum absolute atomic E-state index is 0.104. The smallest absolute Gasteiger partial charge is 0.330 e. The van der Waals surface area contributed by atoms with Crippen LogP contribution in [0.3, 0.4) is 0 Å². The Hall–Kier alpha value is -1.36. The highest BCUT2D eigenvalue weighted by Crippen LogP contribution is 2.28. The fourth-order valence-corrected chi connectivity index (χ4v) is 2.20. The second-order valence-corrected chi connectivity index (χ2v) is 6.26. The van der Waals surface area contributed by atoms with Crippen molar-refractivity contribution in [2.75, 3.05) is 6.61 Å². The highest BCUT2D eigenvalue weighted by molar-refractivity contribution is 5.81. The second kappa shape index (κ2) is 7.59. The molecule has 0 spiro atoms. The summed E-state index contributed by atoms with van der Waals surface area (Å²) in [6.45, 7) is 9.30. The van der Waals surface area contributed by atoms with Crippen LogP contribution in [0.1, 0.15) is 46.5 Å². The molecule has 1 fully saturated rings. The van der Waals surface area contributed by atoms with Gasteiger partial charge in [0.1, 0.15) is 6.10 Å². The van der Waals surface area contributed by atoms with Crippen LogP contribution in [0.5, 0.6) is 0 Å². The fraction of sp³-hybridized carbons (Fsp3) is 0.750. The summed E-state index contributed by atoms with van der Waals surface area (Å²) in [5.41, 5.74) is -0.483. The zero-order chi connectivity index (χ0) is 16.0. The van der Waals surface area contributed by atoms with E-state index in [0.717, 1.165) is 18.9 Å². The Morgan fingerprint density at radius 2 is 2.05 bits per heavy atom. The number of hydrogen-bond acceptors (Lipinski definition) is 5. The third kappa shape index (κ3) is 5.16. The van der Waals surface area contributed by atoms with Crippen molar-refractivity contribution in [3.63, 3.8) is 0 Å². The number of carbonyl (C=O) groups excluding carboxylic acids is 2. The molecule has 5 heteroatoms. The summed E-state index contributed by atoms with van der Waals surface area (Å²) in [5.74, 6) is -0.646. The maximum Gasteiger partial charge on any atom is 0.330 e. The Bertz CT molecular complexity index is 388. The van der Waals surface area contributed by atoms with Gasteiger partial charge in [-0.05, 0) is 45.4 Å². The molecule has 3 atom stereocenters. The summed E-state index contributed by atoms with van der Waals surface area (Å²) in [4.78, 5) is 23.2. The molecule has 3 unspecified atom stereocenters. The Balaban J connectivity index is 2.48. The Morgan fingerprint density at radius 1 is 1.38 bits per heavy atom. The molecule has 1 rings (SSSR count). The van der Waals surface area contributed by atoms with Gasteiger partial charge in [-0.25, -0.2) is 4.79 Å². The van der Waals surface area contributed by atoms with Gasteiger partial charge in [-0.2, -0.15) is 0 Å². The highest BCUT2D eigenvalue weighted by atomic mass is 16.6. The van der Waals surface area contributed by atoms with Crippen molar-refractivity contribution in [2.45, 2.75) is 58.7 Å². The van der Waals surface area contributed by atoms with Gasteiger partial charge in [0.25, 0.3) is 0 Å². The Morgan fingerprint density at radius 3 is 2.62 bits per heavy atom. The van der Waals surface area contributed by atoms with Gasteiger partial charge < -0.3 is 14.6 Å². The number of esters is 2. The van der Waals surface area contributed by atoms with E-state index < -0.39 is 23.6 Å². The summed E-state index contributed by atoms with van der Waals surface area (Å²) in [6, 6.07) is 0. The standard InChI is InChI=1S/C16H26O5/c1-5-14(18)21-13-9-11(7-8-12(13)17)10-20-15(19)16(3,4)6-2/h5,11-13,17H,1,6-10H2,2-4H3. The zero-order valence-electron chi connectivity index (χ0n) is 13.1. The van der Waals surface area contributed by atoms with E-state index in [1.807, 2.05) is 20.8 Å². The number of aliphatic hydroxyl groups excluding tert-OH is 1. The molecule has 1 saturated carbocycles. The predicted octanol–water partition coefficient (Wildman–Crippen LogP) is 2.22. The van der Waals surface area contributed by atoms with Crippen molar-refractivity contribution in [1.82, 2.24) is 0 Å². The van der Waals surface area contributed by atoms with E-state index in [1.54, 1.807) is 0 Å². The van der Waals surface area contributed by atoms with Gasteiger partial charge in [0, 0.05) is 6.08 Å². The van der Waals surface area contributed by atoms with Crippen molar-refractivity contribution in [2.24, 2.45) is 11.3 Å². The van der Waals surface area contributed by atoms with E-state index in [4.69, 9.17) is 9.47 Å². The van der Waals surface area contributed by atoms with Gasteiger partial charge in [-0.15, -0.1) is 0 Å². The van der Waals surface area contributed by atoms with Crippen LogP contribution in [-0.2, 0) is 19.1 Å². The minimum atomic E-state index is -0.659. The molecule has 0 radical (unpaired) electrons. The van der Waals surface area contributed by atoms with Gasteiger partial charge in [0.2, 0.25) is 0 Å². The highest BCUT2D eigenvalue weighted by Gasteiger charge is 2.33. The van der Waals surface area contributed by atoms with Crippen molar-refractivity contribution >= 4 is 11.9 Å². The first kappa shape index (κ1) is 17.7. The lowest BCUT2D eigenvalue weighted by Crippen LogP contribution is -2.39. The van der Waals surface area contributed by atoms with E-state index in [-0.39, 0.29) is 11.9 Å². The molecule has 1 aliphatic carbocycles. The van der Waals surface area contributed by atoms with E-state index in [0.29, 0.717) is 19.4 Å². The van der Waals surface area contributed by atoms with E-state index >= 15 is 0 Å². The quantitative estimate of drug-likeness (QED) is 0.601. The molecule has 0 aromatic heterocycles. The Labute approximate surface area is 126 Å². The van der Waals surface area contributed by atoms with Crippen LogP contribution in [0.4, 0.5) is 0 Å². The first-order chi connectivity index (χ1) is 9.80. The normalized spacial score (nSPS) is 26.0. The molecule has 21 heavy (non-hydrogen) atoms. The molecule has 1 N–H and O–H groups in total. The van der Waals surface area contributed by atoms with E-state index in [2.05, 4.69) is 6.58 Å². The first-order valence-corrected chi connectivity index (χ1v) is 7.48. The topological polar surface area (TPSA) is 72.8 Å². The third-order valence-corrected chi connectivity index (χ3v) is 4.19. The summed E-state index contributed by atoms with van der Waals surface area (Å²) < 4.78 is 10.5. The van der Waals surface area contributed by atoms with Gasteiger partial charge >= 0.3 is 11.9 Å². The van der Waals surface area contributed by atoms with Gasteiger partial charge in [-0.1, -0.05) is 13.5 Å². The van der Waals surface area contributed by atoms with Gasteiger partial charge in [0.15, 0.2) is 0 Å².